The van der Waals surface area contributed by atoms with Crippen LogP contribution in [0.1, 0.15) is 19.4 Å². The Morgan fingerprint density at radius 3 is 2.48 bits per heavy atom. The molecule has 0 amide bonds. The van der Waals surface area contributed by atoms with Crippen molar-refractivity contribution in [3.63, 3.8) is 0 Å². The Labute approximate surface area is 144 Å². The Balaban J connectivity index is 2.16. The van der Waals surface area contributed by atoms with E-state index < -0.39 is 35.5 Å². The zero-order chi connectivity index (χ0) is 18.2. The van der Waals surface area contributed by atoms with Gasteiger partial charge >= 0.3 is 17.9 Å². The van der Waals surface area contributed by atoms with Crippen LogP contribution in [0.15, 0.2) is 35.9 Å². The first kappa shape index (κ1) is 17.0. The summed E-state index contributed by atoms with van der Waals surface area (Å²) in [6.45, 7) is 3.34. The summed E-state index contributed by atoms with van der Waals surface area (Å²) in [5.74, 6) is -5.66. The largest absolute Gasteiger partial charge is 0.468 e. The molecular formula is C18H18O7. The van der Waals surface area contributed by atoms with Crippen molar-refractivity contribution in [1.29, 1.82) is 0 Å². The second-order valence-electron chi connectivity index (χ2n) is 5.85. The molecule has 0 unspecified atom stereocenters. The van der Waals surface area contributed by atoms with Gasteiger partial charge in [-0.15, -0.1) is 0 Å². The lowest BCUT2D eigenvalue weighted by molar-refractivity contribution is -0.181. The van der Waals surface area contributed by atoms with Gasteiger partial charge < -0.3 is 18.9 Å². The van der Waals surface area contributed by atoms with Crippen molar-refractivity contribution in [3.05, 3.63) is 41.5 Å². The fourth-order valence-electron chi connectivity index (χ4n) is 3.27. The molecule has 1 saturated heterocycles. The van der Waals surface area contributed by atoms with Gasteiger partial charge in [0.1, 0.15) is 5.76 Å². The molecule has 25 heavy (non-hydrogen) atoms. The number of fused-ring (bicyclic) bond motifs is 1. The highest BCUT2D eigenvalue weighted by Crippen LogP contribution is 2.52. The van der Waals surface area contributed by atoms with Crippen molar-refractivity contribution in [2.24, 2.45) is 11.8 Å². The maximum atomic E-state index is 12.6. The molecule has 0 N–H and O–H groups in total. The number of hydrogen-bond donors (Lipinski definition) is 0. The molecule has 2 aliphatic rings. The lowest BCUT2D eigenvalue weighted by atomic mass is 9.83. The van der Waals surface area contributed by atoms with Gasteiger partial charge in [-0.1, -0.05) is 30.3 Å². The predicted octanol–water partition coefficient (Wildman–Crippen LogP) is 1.67. The van der Waals surface area contributed by atoms with Gasteiger partial charge in [0.15, 0.2) is 5.92 Å². The number of ether oxygens (including phenoxy) is 4. The normalized spacial score (nSPS) is 27.4. The second-order valence-corrected chi connectivity index (χ2v) is 5.85. The first-order chi connectivity index (χ1) is 11.9. The molecule has 0 aromatic heterocycles. The number of esters is 3. The minimum atomic E-state index is -1.47. The van der Waals surface area contributed by atoms with Gasteiger partial charge in [0.2, 0.25) is 0 Å². The summed E-state index contributed by atoms with van der Waals surface area (Å²) in [6.07, 6.45) is 0. The lowest BCUT2D eigenvalue weighted by Gasteiger charge is -2.23. The Hall–Kier alpha value is -2.83. The molecule has 1 fully saturated rings. The topological polar surface area (TPSA) is 88.1 Å². The molecule has 2 heterocycles. The molecule has 0 bridgehead atoms. The van der Waals surface area contributed by atoms with Gasteiger partial charge in [-0.05, 0) is 6.92 Å². The van der Waals surface area contributed by atoms with E-state index in [9.17, 15) is 14.4 Å². The van der Waals surface area contributed by atoms with Crippen LogP contribution in [0.25, 0.3) is 5.76 Å². The number of carbonyl (C=O) groups excluding carboxylic acids is 3. The Kier molecular flexibility index (Phi) is 4.24. The van der Waals surface area contributed by atoms with Crippen LogP contribution in [0, 0.1) is 11.8 Å². The van der Waals surface area contributed by atoms with E-state index >= 15 is 0 Å². The molecule has 7 heteroatoms. The van der Waals surface area contributed by atoms with E-state index in [1.165, 1.54) is 14.0 Å². The van der Waals surface area contributed by atoms with E-state index in [1.807, 2.05) is 6.07 Å². The highest BCUT2D eigenvalue weighted by Gasteiger charge is 2.65. The van der Waals surface area contributed by atoms with E-state index in [2.05, 4.69) is 0 Å². The first-order valence-corrected chi connectivity index (χ1v) is 7.89. The van der Waals surface area contributed by atoms with Crippen LogP contribution in [0.2, 0.25) is 0 Å². The minimum Gasteiger partial charge on any atom is -0.468 e. The summed E-state index contributed by atoms with van der Waals surface area (Å²) < 4.78 is 21.0. The van der Waals surface area contributed by atoms with Gasteiger partial charge in [0.05, 0.1) is 25.2 Å². The molecule has 1 aromatic carbocycles. The van der Waals surface area contributed by atoms with Gasteiger partial charge in [0, 0.05) is 12.5 Å². The van der Waals surface area contributed by atoms with Crippen LogP contribution in [-0.2, 0) is 33.3 Å². The second kappa shape index (κ2) is 6.23. The highest BCUT2D eigenvalue weighted by molar-refractivity contribution is 6.04. The lowest BCUT2D eigenvalue weighted by Crippen LogP contribution is -2.36. The van der Waals surface area contributed by atoms with Crippen LogP contribution < -0.4 is 0 Å². The van der Waals surface area contributed by atoms with Crippen molar-refractivity contribution in [2.75, 3.05) is 13.7 Å². The molecule has 0 saturated carbocycles. The van der Waals surface area contributed by atoms with E-state index in [4.69, 9.17) is 18.9 Å². The van der Waals surface area contributed by atoms with Crippen molar-refractivity contribution >= 4 is 23.7 Å². The van der Waals surface area contributed by atoms with Crippen LogP contribution in [0.4, 0.5) is 0 Å². The van der Waals surface area contributed by atoms with Crippen molar-refractivity contribution in [3.8, 4) is 0 Å². The summed E-state index contributed by atoms with van der Waals surface area (Å²) in [4.78, 5) is 36.9. The van der Waals surface area contributed by atoms with Gasteiger partial charge in [-0.2, -0.15) is 0 Å². The number of methoxy groups -OCH3 is 1. The van der Waals surface area contributed by atoms with Crippen LogP contribution in [0.5, 0.6) is 0 Å². The highest BCUT2D eigenvalue weighted by atomic mass is 16.7. The SMILES string of the molecule is CCOC(=O)C1=C(c2ccccc2)O[C@]2(C)OC(=O)[C@@H](C(=O)OC)[C@H]12. The molecule has 1 aromatic rings. The summed E-state index contributed by atoms with van der Waals surface area (Å²) in [7, 11) is 1.17. The molecule has 0 radical (unpaired) electrons. The summed E-state index contributed by atoms with van der Waals surface area (Å²) in [6, 6.07) is 8.91. The maximum absolute atomic E-state index is 12.6. The third kappa shape index (κ3) is 2.65. The van der Waals surface area contributed by atoms with Crippen molar-refractivity contribution < 1.29 is 33.3 Å². The van der Waals surface area contributed by atoms with Crippen molar-refractivity contribution in [1.82, 2.24) is 0 Å². The first-order valence-electron chi connectivity index (χ1n) is 7.89. The van der Waals surface area contributed by atoms with E-state index in [0.717, 1.165) is 0 Å². The minimum absolute atomic E-state index is 0.108. The van der Waals surface area contributed by atoms with Crippen LogP contribution in [0.3, 0.4) is 0 Å². The van der Waals surface area contributed by atoms with Gasteiger partial charge in [-0.3, -0.25) is 9.59 Å². The molecule has 3 rings (SSSR count). The zero-order valence-corrected chi connectivity index (χ0v) is 14.1. The smallest absolute Gasteiger partial charge is 0.338 e. The number of hydrogen-bond acceptors (Lipinski definition) is 7. The van der Waals surface area contributed by atoms with E-state index in [0.29, 0.717) is 5.56 Å². The number of rotatable bonds is 4. The van der Waals surface area contributed by atoms with Crippen LogP contribution in [-0.4, -0.2) is 37.4 Å². The average Bonchev–Trinajstić information content (AvgIpc) is 3.02. The quantitative estimate of drug-likeness (QED) is 0.465. The fourth-order valence-corrected chi connectivity index (χ4v) is 3.27. The fraction of sp³-hybridized carbons (Fsp3) is 0.389. The Morgan fingerprint density at radius 1 is 1.20 bits per heavy atom. The van der Waals surface area contributed by atoms with Gasteiger partial charge in [-0.25, -0.2) is 4.79 Å². The molecule has 0 spiro atoms. The average molecular weight is 346 g/mol. The van der Waals surface area contributed by atoms with E-state index in [1.54, 1.807) is 31.2 Å². The monoisotopic (exact) mass is 346 g/mol. The summed E-state index contributed by atoms with van der Waals surface area (Å²) >= 11 is 0. The third-order valence-electron chi connectivity index (χ3n) is 4.30. The zero-order valence-electron chi connectivity index (χ0n) is 14.1. The maximum Gasteiger partial charge on any atom is 0.338 e. The molecule has 132 valence electrons. The molecule has 3 atom stereocenters. The predicted molar refractivity (Wildman–Crippen MR) is 84.6 cm³/mol. The molecule has 0 aliphatic carbocycles. The molecule has 7 nitrogen and oxygen atoms in total. The molecular weight excluding hydrogens is 328 g/mol. The number of benzene rings is 1. The van der Waals surface area contributed by atoms with Gasteiger partial charge in [0.25, 0.3) is 5.79 Å². The summed E-state index contributed by atoms with van der Waals surface area (Å²) in [5, 5.41) is 0. The summed E-state index contributed by atoms with van der Waals surface area (Å²) in [5.41, 5.74) is 0.734. The van der Waals surface area contributed by atoms with Crippen LogP contribution >= 0.6 is 0 Å². The Morgan fingerprint density at radius 2 is 1.88 bits per heavy atom. The Bertz CT molecular complexity index is 752. The third-order valence-corrected chi connectivity index (χ3v) is 4.30. The standard InChI is InChI=1S/C18H18O7/c1-4-23-16(20)11-13-12(15(19)22-3)17(21)25-18(13,2)24-14(11)10-8-6-5-7-9-10/h5-9,12-13H,4H2,1-3H3/t12-,13+,18-/m1/s1. The number of carbonyl (C=O) groups is 3. The molecule has 2 aliphatic heterocycles. The van der Waals surface area contributed by atoms with Crippen molar-refractivity contribution in [2.45, 2.75) is 19.6 Å². The van der Waals surface area contributed by atoms with E-state index in [-0.39, 0.29) is 17.9 Å².